The van der Waals surface area contributed by atoms with Crippen LogP contribution in [0.15, 0.2) is 24.3 Å². The van der Waals surface area contributed by atoms with E-state index in [-0.39, 0.29) is 10.6 Å². The van der Waals surface area contributed by atoms with Gasteiger partial charge in [-0.05, 0) is 44.7 Å². The van der Waals surface area contributed by atoms with Crippen molar-refractivity contribution in [3.63, 3.8) is 0 Å². The SMILES string of the molecule is CN1C2CCC1CC(CNc1cccc([N+](=O)[O-])c1)C2. The van der Waals surface area contributed by atoms with Gasteiger partial charge in [0.25, 0.3) is 5.69 Å². The first-order valence-electron chi connectivity index (χ1n) is 7.34. The van der Waals surface area contributed by atoms with Crippen LogP contribution in [0.3, 0.4) is 0 Å². The molecule has 1 aromatic carbocycles. The second kappa shape index (κ2) is 5.40. The molecule has 2 unspecified atom stereocenters. The molecule has 3 rings (SSSR count). The molecule has 1 aromatic rings. The van der Waals surface area contributed by atoms with E-state index in [4.69, 9.17) is 0 Å². The van der Waals surface area contributed by atoms with Gasteiger partial charge in [0.05, 0.1) is 4.92 Å². The van der Waals surface area contributed by atoms with Crippen LogP contribution in [0.1, 0.15) is 25.7 Å². The van der Waals surface area contributed by atoms with Crippen molar-refractivity contribution in [3.8, 4) is 0 Å². The van der Waals surface area contributed by atoms with Crippen molar-refractivity contribution in [2.75, 3.05) is 18.9 Å². The van der Waals surface area contributed by atoms with Crippen LogP contribution in [-0.2, 0) is 0 Å². The summed E-state index contributed by atoms with van der Waals surface area (Å²) < 4.78 is 0. The van der Waals surface area contributed by atoms with E-state index >= 15 is 0 Å². The normalized spacial score (nSPS) is 29.4. The summed E-state index contributed by atoms with van der Waals surface area (Å²) in [5.41, 5.74) is 1.00. The summed E-state index contributed by atoms with van der Waals surface area (Å²) in [4.78, 5) is 12.9. The monoisotopic (exact) mass is 275 g/mol. The second-order valence-electron chi connectivity index (χ2n) is 6.08. The van der Waals surface area contributed by atoms with Gasteiger partial charge >= 0.3 is 0 Å². The summed E-state index contributed by atoms with van der Waals surface area (Å²) in [5, 5.41) is 14.1. The van der Waals surface area contributed by atoms with Crippen molar-refractivity contribution in [3.05, 3.63) is 34.4 Å². The topological polar surface area (TPSA) is 58.4 Å². The smallest absolute Gasteiger partial charge is 0.271 e. The van der Waals surface area contributed by atoms with E-state index in [9.17, 15) is 10.1 Å². The quantitative estimate of drug-likeness (QED) is 0.678. The number of hydrogen-bond donors (Lipinski definition) is 1. The molecular formula is C15H21N3O2. The Bertz CT molecular complexity index is 492. The fourth-order valence-electron chi connectivity index (χ4n) is 3.68. The Labute approximate surface area is 119 Å². The number of piperidine rings is 1. The van der Waals surface area contributed by atoms with E-state index in [1.165, 1.54) is 31.7 Å². The van der Waals surface area contributed by atoms with Crippen LogP contribution in [0.5, 0.6) is 0 Å². The number of nitro groups is 1. The Morgan fingerprint density at radius 2 is 2.05 bits per heavy atom. The second-order valence-corrected chi connectivity index (χ2v) is 6.08. The van der Waals surface area contributed by atoms with E-state index in [1.807, 2.05) is 6.07 Å². The Morgan fingerprint density at radius 3 is 2.70 bits per heavy atom. The number of nitro benzene ring substituents is 1. The molecule has 0 amide bonds. The Morgan fingerprint density at radius 1 is 1.35 bits per heavy atom. The van der Waals surface area contributed by atoms with Crippen molar-refractivity contribution < 1.29 is 4.92 Å². The van der Waals surface area contributed by atoms with Gasteiger partial charge in [0.15, 0.2) is 0 Å². The number of fused-ring (bicyclic) bond motifs is 2. The summed E-state index contributed by atoms with van der Waals surface area (Å²) in [7, 11) is 2.24. The van der Waals surface area contributed by atoms with Gasteiger partial charge in [-0.3, -0.25) is 10.1 Å². The number of nitrogens with zero attached hydrogens (tertiary/aromatic N) is 2. The van der Waals surface area contributed by atoms with Crippen LogP contribution in [-0.4, -0.2) is 35.5 Å². The molecule has 2 fully saturated rings. The molecule has 0 saturated carbocycles. The minimum absolute atomic E-state index is 0.151. The third-order valence-corrected chi connectivity index (χ3v) is 4.85. The molecule has 108 valence electrons. The highest BCUT2D eigenvalue weighted by atomic mass is 16.6. The zero-order chi connectivity index (χ0) is 14.1. The first kappa shape index (κ1) is 13.4. The van der Waals surface area contributed by atoms with Gasteiger partial charge in [-0.15, -0.1) is 0 Å². The van der Waals surface area contributed by atoms with Gasteiger partial charge in [0, 0.05) is 36.4 Å². The molecule has 5 heteroatoms. The highest BCUT2D eigenvalue weighted by Gasteiger charge is 2.38. The van der Waals surface area contributed by atoms with E-state index in [2.05, 4.69) is 17.3 Å². The Kier molecular flexibility index (Phi) is 3.61. The fraction of sp³-hybridized carbons (Fsp3) is 0.600. The lowest BCUT2D eigenvalue weighted by Gasteiger charge is -2.36. The minimum Gasteiger partial charge on any atom is -0.385 e. The summed E-state index contributed by atoms with van der Waals surface area (Å²) in [5.74, 6) is 0.683. The van der Waals surface area contributed by atoms with Crippen molar-refractivity contribution >= 4 is 11.4 Å². The molecule has 2 heterocycles. The standard InChI is InChI=1S/C15H21N3O2/c1-17-13-5-6-14(17)8-11(7-13)10-16-12-3-2-4-15(9-12)18(19)20/h2-4,9,11,13-14,16H,5-8,10H2,1H3. The highest BCUT2D eigenvalue weighted by molar-refractivity contribution is 5.50. The maximum Gasteiger partial charge on any atom is 0.271 e. The molecule has 0 aromatic heterocycles. The molecule has 0 spiro atoms. The molecular weight excluding hydrogens is 254 g/mol. The van der Waals surface area contributed by atoms with Crippen LogP contribution in [0.25, 0.3) is 0 Å². The lowest BCUT2D eigenvalue weighted by Crippen LogP contribution is -2.41. The average Bonchev–Trinajstić information content (AvgIpc) is 2.67. The lowest BCUT2D eigenvalue weighted by molar-refractivity contribution is -0.384. The molecule has 2 saturated heterocycles. The van der Waals surface area contributed by atoms with Crippen LogP contribution in [0.2, 0.25) is 0 Å². The number of nitrogens with one attached hydrogen (secondary N) is 1. The molecule has 5 nitrogen and oxygen atoms in total. The summed E-state index contributed by atoms with van der Waals surface area (Å²) in [6.07, 6.45) is 5.15. The first-order valence-corrected chi connectivity index (χ1v) is 7.34. The number of anilines is 1. The molecule has 0 aliphatic carbocycles. The zero-order valence-corrected chi connectivity index (χ0v) is 11.8. The van der Waals surface area contributed by atoms with E-state index in [1.54, 1.807) is 12.1 Å². The molecule has 0 radical (unpaired) electrons. The lowest BCUT2D eigenvalue weighted by atomic mass is 9.91. The van der Waals surface area contributed by atoms with E-state index in [0.717, 1.165) is 24.3 Å². The van der Waals surface area contributed by atoms with Crippen molar-refractivity contribution in [1.82, 2.24) is 4.90 Å². The molecule has 2 bridgehead atoms. The first-order chi connectivity index (χ1) is 9.63. The predicted octanol–water partition coefficient (Wildman–Crippen LogP) is 2.88. The summed E-state index contributed by atoms with van der Waals surface area (Å²) in [6.45, 7) is 0.919. The average molecular weight is 275 g/mol. The van der Waals surface area contributed by atoms with E-state index < -0.39 is 0 Å². The number of non-ortho nitro benzene ring substituents is 1. The number of hydrogen-bond acceptors (Lipinski definition) is 4. The van der Waals surface area contributed by atoms with Gasteiger partial charge in [0.2, 0.25) is 0 Å². The summed E-state index contributed by atoms with van der Waals surface area (Å²) in [6, 6.07) is 8.26. The van der Waals surface area contributed by atoms with Crippen LogP contribution in [0, 0.1) is 16.0 Å². The van der Waals surface area contributed by atoms with Crippen molar-refractivity contribution in [1.29, 1.82) is 0 Å². The van der Waals surface area contributed by atoms with Crippen LogP contribution in [0.4, 0.5) is 11.4 Å². The Balaban J connectivity index is 1.58. The van der Waals surface area contributed by atoms with Gasteiger partial charge in [0.1, 0.15) is 0 Å². The van der Waals surface area contributed by atoms with Crippen LogP contribution >= 0.6 is 0 Å². The molecule has 1 N–H and O–H groups in total. The van der Waals surface area contributed by atoms with Gasteiger partial charge in [-0.25, -0.2) is 0 Å². The number of rotatable bonds is 4. The maximum atomic E-state index is 10.8. The van der Waals surface area contributed by atoms with Crippen LogP contribution < -0.4 is 5.32 Å². The molecule has 20 heavy (non-hydrogen) atoms. The third kappa shape index (κ3) is 2.63. The fourth-order valence-corrected chi connectivity index (χ4v) is 3.68. The van der Waals surface area contributed by atoms with Crippen molar-refractivity contribution in [2.45, 2.75) is 37.8 Å². The molecule has 2 atom stereocenters. The van der Waals surface area contributed by atoms with Crippen molar-refractivity contribution in [2.24, 2.45) is 5.92 Å². The largest absolute Gasteiger partial charge is 0.385 e. The highest BCUT2D eigenvalue weighted by Crippen LogP contribution is 2.37. The van der Waals surface area contributed by atoms with Gasteiger partial charge in [-0.2, -0.15) is 0 Å². The predicted molar refractivity (Wildman–Crippen MR) is 78.9 cm³/mol. The zero-order valence-electron chi connectivity index (χ0n) is 11.8. The van der Waals surface area contributed by atoms with Gasteiger partial charge < -0.3 is 10.2 Å². The minimum atomic E-state index is -0.346. The summed E-state index contributed by atoms with van der Waals surface area (Å²) >= 11 is 0. The Hall–Kier alpha value is -1.62. The third-order valence-electron chi connectivity index (χ3n) is 4.85. The molecule has 2 aliphatic rings. The van der Waals surface area contributed by atoms with E-state index in [0.29, 0.717) is 5.92 Å². The number of benzene rings is 1. The maximum absolute atomic E-state index is 10.8. The molecule has 2 aliphatic heterocycles. The van der Waals surface area contributed by atoms with Gasteiger partial charge in [-0.1, -0.05) is 6.07 Å².